The fourth-order valence-electron chi connectivity index (χ4n) is 2.67. The highest BCUT2D eigenvalue weighted by Gasteiger charge is 2.20. The summed E-state index contributed by atoms with van der Waals surface area (Å²) >= 11 is 0. The third kappa shape index (κ3) is 6.08. The number of ether oxygens (including phenoxy) is 2. The molecule has 1 aromatic heterocycles. The van der Waals surface area contributed by atoms with Crippen LogP contribution in [0.2, 0.25) is 0 Å². The Hall–Kier alpha value is -3.81. The highest BCUT2D eigenvalue weighted by molar-refractivity contribution is 5.99. The Labute approximate surface area is 180 Å². The summed E-state index contributed by atoms with van der Waals surface area (Å²) in [5, 5.41) is 9.22. The summed E-state index contributed by atoms with van der Waals surface area (Å²) in [5.41, 5.74) is 1.71. The molecule has 8 heteroatoms. The predicted octanol–water partition coefficient (Wildman–Crippen LogP) is 4.98. The number of amides is 2. The molecular formula is C23H25N3O5. The molecule has 0 radical (unpaired) electrons. The molecule has 3 rings (SSSR count). The second kappa shape index (κ2) is 9.34. The zero-order valence-corrected chi connectivity index (χ0v) is 17.9. The lowest BCUT2D eigenvalue weighted by molar-refractivity contribution is 0.0600. The molecule has 0 aliphatic heterocycles. The van der Waals surface area contributed by atoms with E-state index in [1.807, 2.05) is 26.8 Å². The molecule has 1 heterocycles. The van der Waals surface area contributed by atoms with Crippen LogP contribution in [0.4, 0.5) is 16.3 Å². The van der Waals surface area contributed by atoms with Crippen molar-refractivity contribution < 1.29 is 23.6 Å². The van der Waals surface area contributed by atoms with Crippen LogP contribution >= 0.6 is 0 Å². The number of hydrogen-bond acceptors (Lipinski definition) is 6. The number of carbonyl (C=O) groups is 2. The molecule has 8 nitrogen and oxygen atoms in total. The average Bonchev–Trinajstić information content (AvgIpc) is 3.22. The third-order valence-corrected chi connectivity index (χ3v) is 4.36. The minimum Gasteiger partial charge on any atom is -0.489 e. The Kier molecular flexibility index (Phi) is 6.59. The highest BCUT2D eigenvalue weighted by atomic mass is 16.5. The van der Waals surface area contributed by atoms with E-state index in [0.29, 0.717) is 35.2 Å². The van der Waals surface area contributed by atoms with Gasteiger partial charge in [-0.25, -0.2) is 9.59 Å². The number of methoxy groups -OCH3 is 1. The van der Waals surface area contributed by atoms with Crippen LogP contribution in [0.5, 0.6) is 5.75 Å². The van der Waals surface area contributed by atoms with Gasteiger partial charge in [0.15, 0.2) is 5.82 Å². The zero-order valence-electron chi connectivity index (χ0n) is 17.9. The minimum absolute atomic E-state index is 0.195. The van der Waals surface area contributed by atoms with E-state index in [4.69, 9.17) is 14.0 Å². The first-order chi connectivity index (χ1) is 14.7. The summed E-state index contributed by atoms with van der Waals surface area (Å²) < 4.78 is 15.7. The van der Waals surface area contributed by atoms with Crippen LogP contribution in [0.25, 0.3) is 0 Å². The largest absolute Gasteiger partial charge is 0.489 e. The molecule has 0 saturated carbocycles. The summed E-state index contributed by atoms with van der Waals surface area (Å²) in [7, 11) is 1.34. The molecule has 0 fully saturated rings. The third-order valence-electron chi connectivity index (χ3n) is 4.36. The number of benzene rings is 2. The first-order valence-electron chi connectivity index (χ1n) is 9.70. The topological polar surface area (TPSA) is 103 Å². The number of carbonyl (C=O) groups excluding carboxylic acids is 2. The summed E-state index contributed by atoms with van der Waals surface area (Å²) in [5.74, 6) is 1.26. The number of nitrogens with zero attached hydrogens (tertiary/aromatic N) is 1. The van der Waals surface area contributed by atoms with Crippen molar-refractivity contribution in [1.29, 1.82) is 0 Å². The van der Waals surface area contributed by atoms with Crippen molar-refractivity contribution in [2.24, 2.45) is 0 Å². The summed E-state index contributed by atoms with van der Waals surface area (Å²) in [6, 6.07) is 15.3. The maximum absolute atomic E-state index is 12.2. The van der Waals surface area contributed by atoms with Crippen LogP contribution in [0, 0.1) is 0 Å². The van der Waals surface area contributed by atoms with Crippen LogP contribution in [-0.4, -0.2) is 24.3 Å². The minimum atomic E-state index is -0.429. The Morgan fingerprint density at radius 3 is 2.42 bits per heavy atom. The van der Waals surface area contributed by atoms with Crippen LogP contribution < -0.4 is 15.4 Å². The Morgan fingerprint density at radius 2 is 1.77 bits per heavy atom. The lowest BCUT2D eigenvalue weighted by Crippen LogP contribution is -2.19. The van der Waals surface area contributed by atoms with Crippen molar-refractivity contribution >= 4 is 23.5 Å². The monoisotopic (exact) mass is 423 g/mol. The molecule has 0 bridgehead atoms. The lowest BCUT2D eigenvalue weighted by atomic mass is 9.93. The first kappa shape index (κ1) is 21.9. The van der Waals surface area contributed by atoms with Gasteiger partial charge in [0.1, 0.15) is 18.1 Å². The summed E-state index contributed by atoms with van der Waals surface area (Å²) in [6.07, 6.45) is 0. The first-order valence-corrected chi connectivity index (χ1v) is 9.70. The van der Waals surface area contributed by atoms with Gasteiger partial charge in [0, 0.05) is 17.2 Å². The van der Waals surface area contributed by atoms with E-state index >= 15 is 0 Å². The lowest BCUT2D eigenvalue weighted by Gasteiger charge is -2.12. The van der Waals surface area contributed by atoms with Crippen molar-refractivity contribution in [3.63, 3.8) is 0 Å². The number of hydrogen-bond donors (Lipinski definition) is 2. The summed E-state index contributed by atoms with van der Waals surface area (Å²) in [4.78, 5) is 23.8. The molecular weight excluding hydrogens is 398 g/mol. The van der Waals surface area contributed by atoms with Crippen molar-refractivity contribution in [2.45, 2.75) is 32.8 Å². The number of aromatic nitrogens is 1. The van der Waals surface area contributed by atoms with Crippen molar-refractivity contribution in [3.05, 3.63) is 71.5 Å². The summed E-state index contributed by atoms with van der Waals surface area (Å²) in [6.45, 7) is 6.28. The van der Waals surface area contributed by atoms with E-state index in [1.165, 1.54) is 7.11 Å². The van der Waals surface area contributed by atoms with Crippen LogP contribution in [0.3, 0.4) is 0 Å². The molecule has 0 aliphatic carbocycles. The molecule has 2 N–H and O–H groups in total. The SMILES string of the molecule is COC(=O)c1cccc(COc2ccc(NC(=O)Nc3cc(C(C)(C)C)on3)cc2)c1. The molecule has 0 saturated heterocycles. The second-order valence-corrected chi connectivity index (χ2v) is 7.91. The molecule has 0 unspecified atom stereocenters. The predicted molar refractivity (Wildman–Crippen MR) is 116 cm³/mol. The maximum Gasteiger partial charge on any atom is 0.337 e. The molecule has 3 aromatic rings. The second-order valence-electron chi connectivity index (χ2n) is 7.91. The molecule has 0 atom stereocenters. The van der Waals surface area contributed by atoms with Gasteiger partial charge in [-0.3, -0.25) is 5.32 Å². The quantitative estimate of drug-likeness (QED) is 0.542. The number of nitrogens with one attached hydrogen (secondary N) is 2. The molecule has 0 spiro atoms. The van der Waals surface area contributed by atoms with Crippen LogP contribution in [0.15, 0.2) is 59.1 Å². The van der Waals surface area contributed by atoms with E-state index in [1.54, 1.807) is 48.5 Å². The van der Waals surface area contributed by atoms with Crippen molar-refractivity contribution in [3.8, 4) is 5.75 Å². The molecule has 31 heavy (non-hydrogen) atoms. The molecule has 0 aliphatic rings. The van der Waals surface area contributed by atoms with Gasteiger partial charge in [-0.15, -0.1) is 0 Å². The normalized spacial score (nSPS) is 11.0. The van der Waals surface area contributed by atoms with E-state index in [2.05, 4.69) is 15.8 Å². The number of urea groups is 1. The fraction of sp³-hybridized carbons (Fsp3) is 0.261. The Morgan fingerprint density at radius 1 is 1.03 bits per heavy atom. The standard InChI is InChI=1S/C23H25N3O5/c1-23(2,3)19-13-20(26-31-19)25-22(28)24-17-8-10-18(11-9-17)30-14-15-6-5-7-16(12-15)21(27)29-4/h5-13H,14H2,1-4H3,(H2,24,25,26,28). The number of esters is 1. The fourth-order valence-corrected chi connectivity index (χ4v) is 2.67. The van der Waals surface area contributed by atoms with E-state index < -0.39 is 12.0 Å². The highest BCUT2D eigenvalue weighted by Crippen LogP contribution is 2.24. The zero-order chi connectivity index (χ0) is 22.4. The molecule has 2 amide bonds. The van der Waals surface area contributed by atoms with Gasteiger partial charge >= 0.3 is 12.0 Å². The van der Waals surface area contributed by atoms with Gasteiger partial charge in [0.05, 0.1) is 12.7 Å². The Bertz CT molecular complexity index is 1050. The van der Waals surface area contributed by atoms with Crippen LogP contribution in [0.1, 0.15) is 42.5 Å². The van der Waals surface area contributed by atoms with Crippen LogP contribution in [-0.2, 0) is 16.8 Å². The van der Waals surface area contributed by atoms with Crippen molar-refractivity contribution in [1.82, 2.24) is 5.16 Å². The van der Waals surface area contributed by atoms with Crippen molar-refractivity contribution in [2.75, 3.05) is 17.7 Å². The Balaban J connectivity index is 1.52. The number of anilines is 2. The van der Waals surface area contributed by atoms with Gasteiger partial charge in [0.25, 0.3) is 0 Å². The number of rotatable bonds is 6. The molecule has 162 valence electrons. The van der Waals surface area contributed by atoms with Gasteiger partial charge < -0.3 is 19.3 Å². The van der Waals surface area contributed by atoms with E-state index in [9.17, 15) is 9.59 Å². The maximum atomic E-state index is 12.2. The van der Waals surface area contributed by atoms with Gasteiger partial charge in [-0.1, -0.05) is 38.1 Å². The van der Waals surface area contributed by atoms with E-state index in [0.717, 1.165) is 5.56 Å². The molecule has 2 aromatic carbocycles. The van der Waals surface area contributed by atoms with Gasteiger partial charge in [-0.05, 0) is 42.0 Å². The smallest absolute Gasteiger partial charge is 0.337 e. The van der Waals surface area contributed by atoms with E-state index in [-0.39, 0.29) is 5.41 Å². The van der Waals surface area contributed by atoms with Gasteiger partial charge in [-0.2, -0.15) is 0 Å². The van der Waals surface area contributed by atoms with Gasteiger partial charge in [0.2, 0.25) is 0 Å². The average molecular weight is 423 g/mol.